The highest BCUT2D eigenvalue weighted by atomic mass is 32.1. The number of benzene rings is 1. The van der Waals surface area contributed by atoms with Crippen LogP contribution in [0.4, 0.5) is 0 Å². The molecule has 0 fully saturated rings. The fraction of sp³-hybridized carbons (Fsp3) is 0.200. The summed E-state index contributed by atoms with van der Waals surface area (Å²) in [6, 6.07) is 8.52. The summed E-state index contributed by atoms with van der Waals surface area (Å²) in [6.45, 7) is 3.95. The lowest BCUT2D eigenvalue weighted by Crippen LogP contribution is -2.20. The summed E-state index contributed by atoms with van der Waals surface area (Å²) in [4.78, 5) is 28.3. The molecule has 1 aromatic carbocycles. The number of nitrogens with one attached hydrogen (secondary N) is 1. The maximum atomic E-state index is 12.2. The summed E-state index contributed by atoms with van der Waals surface area (Å²) < 4.78 is 1.60. The van der Waals surface area contributed by atoms with E-state index in [1.807, 2.05) is 26.0 Å². The van der Waals surface area contributed by atoms with Crippen LogP contribution in [0.1, 0.15) is 33.1 Å². The molecule has 108 valence electrons. The number of hydrogen-bond donors (Lipinski definition) is 2. The summed E-state index contributed by atoms with van der Waals surface area (Å²) in [7, 11) is 0. The molecular weight excluding hydrogens is 288 g/mol. The number of carboxylic acids is 1. The second-order valence-corrected chi connectivity index (χ2v) is 6.28. The van der Waals surface area contributed by atoms with Gasteiger partial charge in [-0.05, 0) is 44.2 Å². The number of aromatic amines is 1. The van der Waals surface area contributed by atoms with Crippen LogP contribution >= 0.6 is 11.3 Å². The van der Waals surface area contributed by atoms with Crippen LogP contribution in [0.2, 0.25) is 0 Å². The fourth-order valence-electron chi connectivity index (χ4n) is 2.44. The molecule has 0 aliphatic heterocycles. The van der Waals surface area contributed by atoms with Crippen LogP contribution in [0.3, 0.4) is 0 Å². The Morgan fingerprint density at radius 3 is 2.71 bits per heavy atom. The van der Waals surface area contributed by atoms with Crippen molar-refractivity contribution in [1.29, 1.82) is 0 Å². The topological polar surface area (TPSA) is 75.1 Å². The van der Waals surface area contributed by atoms with Crippen molar-refractivity contribution in [3.05, 3.63) is 56.1 Å². The zero-order valence-electron chi connectivity index (χ0n) is 11.6. The van der Waals surface area contributed by atoms with Gasteiger partial charge in [0.25, 0.3) is 0 Å². The van der Waals surface area contributed by atoms with E-state index in [-0.39, 0.29) is 17.3 Å². The van der Waals surface area contributed by atoms with Crippen LogP contribution in [-0.2, 0) is 0 Å². The third kappa shape index (κ3) is 2.27. The number of carbonyl (C=O) groups is 1. The summed E-state index contributed by atoms with van der Waals surface area (Å²) >= 11 is 1.63. The first-order chi connectivity index (χ1) is 9.97. The smallest absolute Gasteiger partial charge is 0.335 e. The molecule has 3 aromatic rings. The van der Waals surface area contributed by atoms with Crippen LogP contribution in [-0.4, -0.2) is 20.6 Å². The van der Waals surface area contributed by atoms with Crippen molar-refractivity contribution < 1.29 is 9.90 Å². The number of aryl methyl sites for hydroxylation is 1. The molecule has 2 N–H and O–H groups in total. The van der Waals surface area contributed by atoms with Gasteiger partial charge in [0.1, 0.15) is 0 Å². The molecule has 0 spiro atoms. The van der Waals surface area contributed by atoms with Crippen molar-refractivity contribution in [2.75, 3.05) is 0 Å². The highest BCUT2D eigenvalue weighted by Gasteiger charge is 2.17. The first-order valence-corrected chi connectivity index (χ1v) is 7.33. The lowest BCUT2D eigenvalue weighted by molar-refractivity contribution is 0.0697. The highest BCUT2D eigenvalue weighted by molar-refractivity contribution is 7.12. The van der Waals surface area contributed by atoms with Gasteiger partial charge in [0.15, 0.2) is 0 Å². The van der Waals surface area contributed by atoms with Gasteiger partial charge in [-0.25, -0.2) is 9.59 Å². The van der Waals surface area contributed by atoms with E-state index in [0.29, 0.717) is 11.0 Å². The minimum absolute atomic E-state index is 0.144. The molecule has 0 aliphatic carbocycles. The quantitative estimate of drug-likeness (QED) is 0.781. The molecule has 2 aromatic heterocycles. The highest BCUT2D eigenvalue weighted by Crippen LogP contribution is 2.27. The fourth-order valence-corrected chi connectivity index (χ4v) is 3.36. The Morgan fingerprint density at radius 2 is 2.10 bits per heavy atom. The number of thiophene rings is 1. The Morgan fingerprint density at radius 1 is 1.33 bits per heavy atom. The minimum atomic E-state index is -1.00. The molecule has 0 radical (unpaired) electrons. The van der Waals surface area contributed by atoms with Crippen LogP contribution < -0.4 is 5.69 Å². The monoisotopic (exact) mass is 302 g/mol. The largest absolute Gasteiger partial charge is 0.478 e. The molecule has 1 unspecified atom stereocenters. The molecule has 0 aliphatic rings. The van der Waals surface area contributed by atoms with E-state index in [1.165, 1.54) is 17.0 Å². The minimum Gasteiger partial charge on any atom is -0.478 e. The number of nitrogens with zero attached hydrogens (tertiary/aromatic N) is 1. The van der Waals surface area contributed by atoms with Gasteiger partial charge in [-0.1, -0.05) is 0 Å². The van der Waals surface area contributed by atoms with Gasteiger partial charge in [0, 0.05) is 9.75 Å². The molecule has 1 atom stereocenters. The number of H-pyrrole nitrogens is 1. The Hall–Kier alpha value is -2.34. The SMILES string of the molecule is Cc1ccc(C(C)n2c(=O)[nH]c3ccc(C(=O)O)cc32)s1. The summed E-state index contributed by atoms with van der Waals surface area (Å²) in [5.41, 5.74) is 1.19. The number of hydrogen-bond acceptors (Lipinski definition) is 3. The Bertz CT molecular complexity index is 888. The zero-order valence-corrected chi connectivity index (χ0v) is 12.4. The van der Waals surface area contributed by atoms with Crippen LogP contribution in [0.25, 0.3) is 11.0 Å². The summed E-state index contributed by atoms with van der Waals surface area (Å²) in [5, 5.41) is 9.11. The van der Waals surface area contributed by atoms with Gasteiger partial charge in [0.05, 0.1) is 22.6 Å². The van der Waals surface area contributed by atoms with Gasteiger partial charge in [-0.15, -0.1) is 11.3 Å². The molecule has 0 bridgehead atoms. The molecule has 5 nitrogen and oxygen atoms in total. The van der Waals surface area contributed by atoms with Crippen molar-refractivity contribution in [2.24, 2.45) is 0 Å². The molecule has 2 heterocycles. The molecule has 0 amide bonds. The van der Waals surface area contributed by atoms with E-state index in [0.717, 1.165) is 4.88 Å². The molecular formula is C15H14N2O3S. The summed E-state index contributed by atoms with van der Waals surface area (Å²) in [5.74, 6) is -1.00. The summed E-state index contributed by atoms with van der Waals surface area (Å²) in [6.07, 6.45) is 0. The predicted molar refractivity (Wildman–Crippen MR) is 82.4 cm³/mol. The lowest BCUT2D eigenvalue weighted by atomic mass is 10.2. The third-order valence-corrected chi connectivity index (χ3v) is 4.70. The second-order valence-electron chi connectivity index (χ2n) is 4.96. The van der Waals surface area contributed by atoms with Crippen molar-refractivity contribution in [3.8, 4) is 0 Å². The Balaban J connectivity index is 2.21. The molecule has 6 heteroatoms. The third-order valence-electron chi connectivity index (χ3n) is 3.52. The van der Waals surface area contributed by atoms with E-state index in [9.17, 15) is 9.59 Å². The number of imidazole rings is 1. The standard InChI is InChI=1S/C15H14N2O3S/c1-8-3-6-13(21-8)9(2)17-12-7-10(14(18)19)4-5-11(12)16-15(17)20/h3-7,9H,1-2H3,(H,16,20)(H,18,19). The van der Waals surface area contributed by atoms with Gasteiger partial charge < -0.3 is 10.1 Å². The van der Waals surface area contributed by atoms with Gasteiger partial charge in [-0.3, -0.25) is 4.57 Å². The number of aromatic carboxylic acids is 1. The number of rotatable bonds is 3. The van der Waals surface area contributed by atoms with Crippen molar-refractivity contribution in [1.82, 2.24) is 9.55 Å². The number of carboxylic acid groups (broad SMARTS) is 1. The van der Waals surface area contributed by atoms with Gasteiger partial charge >= 0.3 is 11.7 Å². The average molecular weight is 302 g/mol. The first kappa shape index (κ1) is 13.6. The average Bonchev–Trinajstić information content (AvgIpc) is 3.00. The maximum absolute atomic E-state index is 12.2. The number of fused-ring (bicyclic) bond motifs is 1. The predicted octanol–water partition coefficient (Wildman–Crippen LogP) is 3.01. The van der Waals surface area contributed by atoms with Crippen LogP contribution in [0, 0.1) is 6.92 Å². The van der Waals surface area contributed by atoms with Crippen molar-refractivity contribution in [2.45, 2.75) is 19.9 Å². The van der Waals surface area contributed by atoms with Crippen LogP contribution in [0.5, 0.6) is 0 Å². The van der Waals surface area contributed by atoms with Gasteiger partial charge in [-0.2, -0.15) is 0 Å². The van der Waals surface area contributed by atoms with Crippen molar-refractivity contribution >= 4 is 28.3 Å². The second kappa shape index (κ2) is 4.89. The Kier molecular flexibility index (Phi) is 3.17. The molecule has 0 saturated carbocycles. The van der Waals surface area contributed by atoms with E-state index < -0.39 is 5.97 Å². The zero-order chi connectivity index (χ0) is 15.1. The number of aromatic nitrogens is 2. The van der Waals surface area contributed by atoms with Crippen LogP contribution in [0.15, 0.2) is 35.1 Å². The van der Waals surface area contributed by atoms with E-state index in [4.69, 9.17) is 5.11 Å². The molecule has 3 rings (SSSR count). The molecule has 21 heavy (non-hydrogen) atoms. The maximum Gasteiger partial charge on any atom is 0.335 e. The molecule has 0 saturated heterocycles. The first-order valence-electron chi connectivity index (χ1n) is 6.51. The van der Waals surface area contributed by atoms with E-state index >= 15 is 0 Å². The van der Waals surface area contributed by atoms with Crippen molar-refractivity contribution in [3.63, 3.8) is 0 Å². The lowest BCUT2D eigenvalue weighted by Gasteiger charge is -2.11. The van der Waals surface area contributed by atoms with Gasteiger partial charge in [0.2, 0.25) is 0 Å². The normalized spacial score (nSPS) is 12.7. The van der Waals surface area contributed by atoms with E-state index in [2.05, 4.69) is 4.98 Å². The van der Waals surface area contributed by atoms with E-state index in [1.54, 1.807) is 22.0 Å². The Labute approximate surface area is 124 Å².